The molecule has 3 heteroatoms. The molecule has 0 radical (unpaired) electrons. The topological polar surface area (TPSA) is 50.9 Å². The first-order valence-corrected chi connectivity index (χ1v) is 5.64. The van der Waals surface area contributed by atoms with Crippen LogP contribution in [0.5, 0.6) is 0 Å². The average molecular weight is 227 g/mol. The zero-order valence-electron chi connectivity index (χ0n) is 10.4. The third-order valence-corrected chi connectivity index (χ3v) is 2.93. The molecule has 0 spiro atoms. The van der Waals surface area contributed by atoms with Crippen molar-refractivity contribution in [2.45, 2.75) is 20.8 Å². The van der Waals surface area contributed by atoms with Crippen molar-refractivity contribution in [1.29, 1.82) is 0 Å². The van der Waals surface area contributed by atoms with Crippen LogP contribution >= 0.6 is 0 Å². The van der Waals surface area contributed by atoms with Crippen molar-refractivity contribution in [1.82, 2.24) is 4.98 Å². The lowest BCUT2D eigenvalue weighted by Crippen LogP contribution is -2.03. The molecule has 0 atom stereocenters. The zero-order chi connectivity index (χ0) is 12.4. The molecule has 0 amide bonds. The largest absolute Gasteiger partial charge is 0.396 e. The van der Waals surface area contributed by atoms with Gasteiger partial charge in [-0.3, -0.25) is 0 Å². The lowest BCUT2D eigenvalue weighted by Gasteiger charge is -2.14. The Morgan fingerprint density at radius 1 is 1.00 bits per heavy atom. The van der Waals surface area contributed by atoms with Gasteiger partial charge in [-0.15, -0.1) is 0 Å². The van der Waals surface area contributed by atoms with Gasteiger partial charge in [0.1, 0.15) is 0 Å². The second kappa shape index (κ2) is 4.45. The molecule has 3 N–H and O–H groups in total. The van der Waals surface area contributed by atoms with Crippen LogP contribution in [-0.4, -0.2) is 4.98 Å². The van der Waals surface area contributed by atoms with Gasteiger partial charge in [0.15, 0.2) is 5.82 Å². The highest BCUT2D eigenvalue weighted by atomic mass is 15.0. The maximum absolute atomic E-state index is 6.01. The summed E-state index contributed by atoms with van der Waals surface area (Å²) in [6.07, 6.45) is 1.77. The van der Waals surface area contributed by atoms with Crippen LogP contribution < -0.4 is 11.1 Å². The number of para-hydroxylation sites is 1. The van der Waals surface area contributed by atoms with E-state index < -0.39 is 0 Å². The van der Waals surface area contributed by atoms with Crippen LogP contribution in [0.4, 0.5) is 17.2 Å². The van der Waals surface area contributed by atoms with Crippen LogP contribution in [0.2, 0.25) is 0 Å². The molecule has 0 fully saturated rings. The van der Waals surface area contributed by atoms with Gasteiger partial charge in [-0.25, -0.2) is 4.98 Å². The second-order valence-corrected chi connectivity index (χ2v) is 4.28. The Hall–Kier alpha value is -2.03. The second-order valence-electron chi connectivity index (χ2n) is 4.28. The summed E-state index contributed by atoms with van der Waals surface area (Å²) in [6, 6.07) is 8.09. The van der Waals surface area contributed by atoms with Crippen LogP contribution in [0.1, 0.15) is 16.7 Å². The van der Waals surface area contributed by atoms with Gasteiger partial charge in [0.05, 0.1) is 5.69 Å². The minimum Gasteiger partial charge on any atom is -0.396 e. The Morgan fingerprint density at radius 3 is 2.29 bits per heavy atom. The van der Waals surface area contributed by atoms with Gasteiger partial charge in [0, 0.05) is 11.9 Å². The van der Waals surface area contributed by atoms with E-state index in [0.29, 0.717) is 5.69 Å². The summed E-state index contributed by atoms with van der Waals surface area (Å²) in [5, 5.41) is 3.31. The van der Waals surface area contributed by atoms with Crippen molar-refractivity contribution >= 4 is 17.2 Å². The Morgan fingerprint density at radius 2 is 1.65 bits per heavy atom. The van der Waals surface area contributed by atoms with Gasteiger partial charge in [-0.1, -0.05) is 18.2 Å². The van der Waals surface area contributed by atoms with Crippen molar-refractivity contribution in [3.05, 3.63) is 47.2 Å². The Kier molecular flexibility index (Phi) is 3.00. The minimum atomic E-state index is 0.704. The normalized spacial score (nSPS) is 10.3. The highest BCUT2D eigenvalue weighted by Gasteiger charge is 2.07. The van der Waals surface area contributed by atoms with Crippen molar-refractivity contribution in [3.63, 3.8) is 0 Å². The van der Waals surface area contributed by atoms with Gasteiger partial charge in [-0.05, 0) is 43.5 Å². The number of pyridine rings is 1. The van der Waals surface area contributed by atoms with E-state index in [1.165, 1.54) is 11.1 Å². The Balaban J connectivity index is 2.42. The summed E-state index contributed by atoms with van der Waals surface area (Å²) in [5.74, 6) is 0.724. The number of hydrogen-bond donors (Lipinski definition) is 2. The van der Waals surface area contributed by atoms with Gasteiger partial charge in [-0.2, -0.15) is 0 Å². The van der Waals surface area contributed by atoms with Crippen molar-refractivity contribution < 1.29 is 0 Å². The number of nitrogens with zero attached hydrogens (tertiary/aromatic N) is 1. The quantitative estimate of drug-likeness (QED) is 0.827. The highest BCUT2D eigenvalue weighted by Crippen LogP contribution is 2.27. The standard InChI is InChI=1S/C14H17N3/c1-9-7-8-16-14(12(9)15)17-13-10(2)5-4-6-11(13)3/h4-8H,15H2,1-3H3,(H,16,17). The number of nitrogen functional groups attached to an aromatic ring is 1. The SMILES string of the molecule is Cc1ccnc(Nc2c(C)cccc2C)c1N. The Labute approximate surface area is 102 Å². The van der Waals surface area contributed by atoms with E-state index in [4.69, 9.17) is 5.73 Å². The molecule has 0 aliphatic carbocycles. The summed E-state index contributed by atoms with van der Waals surface area (Å²) in [6.45, 7) is 6.12. The Bertz CT molecular complexity index is 527. The summed E-state index contributed by atoms with van der Waals surface area (Å²) in [5.41, 5.74) is 11.2. The smallest absolute Gasteiger partial charge is 0.153 e. The number of nitrogens with two attached hydrogens (primary N) is 1. The third kappa shape index (κ3) is 2.23. The molecule has 0 saturated carbocycles. The van der Waals surface area contributed by atoms with E-state index >= 15 is 0 Å². The van der Waals surface area contributed by atoms with Crippen LogP contribution in [-0.2, 0) is 0 Å². The molecule has 0 bridgehead atoms. The van der Waals surface area contributed by atoms with Crippen molar-refractivity contribution in [3.8, 4) is 0 Å². The number of anilines is 3. The van der Waals surface area contributed by atoms with Crippen molar-refractivity contribution in [2.75, 3.05) is 11.1 Å². The van der Waals surface area contributed by atoms with E-state index in [9.17, 15) is 0 Å². The molecule has 1 aromatic carbocycles. The van der Waals surface area contributed by atoms with E-state index in [0.717, 1.165) is 17.1 Å². The van der Waals surface area contributed by atoms with Gasteiger partial charge in [0.2, 0.25) is 0 Å². The van der Waals surface area contributed by atoms with Gasteiger partial charge >= 0.3 is 0 Å². The fourth-order valence-corrected chi connectivity index (χ4v) is 1.80. The van der Waals surface area contributed by atoms with Crippen LogP contribution in [0.3, 0.4) is 0 Å². The predicted octanol–water partition coefficient (Wildman–Crippen LogP) is 3.33. The number of aromatic nitrogens is 1. The molecule has 1 heterocycles. The first-order chi connectivity index (χ1) is 8.09. The number of aryl methyl sites for hydroxylation is 3. The molecule has 88 valence electrons. The molecule has 1 aromatic heterocycles. The molecule has 0 aliphatic rings. The molecular formula is C14H17N3. The molecule has 0 saturated heterocycles. The van der Waals surface area contributed by atoms with E-state index in [-0.39, 0.29) is 0 Å². The zero-order valence-corrected chi connectivity index (χ0v) is 10.4. The summed E-state index contributed by atoms with van der Waals surface area (Å²) >= 11 is 0. The predicted molar refractivity (Wildman–Crippen MR) is 72.6 cm³/mol. The lowest BCUT2D eigenvalue weighted by atomic mass is 10.1. The average Bonchev–Trinajstić information content (AvgIpc) is 2.29. The highest BCUT2D eigenvalue weighted by molar-refractivity contribution is 5.73. The van der Waals surface area contributed by atoms with Gasteiger partial charge in [0.25, 0.3) is 0 Å². The fourth-order valence-electron chi connectivity index (χ4n) is 1.80. The van der Waals surface area contributed by atoms with Crippen molar-refractivity contribution in [2.24, 2.45) is 0 Å². The number of benzene rings is 1. The molecular weight excluding hydrogens is 210 g/mol. The number of rotatable bonds is 2. The summed E-state index contributed by atoms with van der Waals surface area (Å²) in [7, 11) is 0. The minimum absolute atomic E-state index is 0.704. The third-order valence-electron chi connectivity index (χ3n) is 2.93. The fraction of sp³-hybridized carbons (Fsp3) is 0.214. The van der Waals surface area contributed by atoms with Crippen LogP contribution in [0.15, 0.2) is 30.5 Å². The molecule has 2 aromatic rings. The first-order valence-electron chi connectivity index (χ1n) is 5.64. The first kappa shape index (κ1) is 11.5. The van der Waals surface area contributed by atoms with E-state index in [1.54, 1.807) is 6.20 Å². The molecule has 2 rings (SSSR count). The summed E-state index contributed by atoms with van der Waals surface area (Å²) in [4.78, 5) is 4.28. The maximum Gasteiger partial charge on any atom is 0.153 e. The summed E-state index contributed by atoms with van der Waals surface area (Å²) < 4.78 is 0. The van der Waals surface area contributed by atoms with Gasteiger partial charge < -0.3 is 11.1 Å². The molecule has 17 heavy (non-hydrogen) atoms. The van der Waals surface area contributed by atoms with Crippen LogP contribution in [0, 0.1) is 20.8 Å². The molecule has 0 aliphatic heterocycles. The monoisotopic (exact) mass is 227 g/mol. The molecule has 0 unspecified atom stereocenters. The molecule has 3 nitrogen and oxygen atoms in total. The van der Waals surface area contributed by atoms with Crippen LogP contribution in [0.25, 0.3) is 0 Å². The van der Waals surface area contributed by atoms with E-state index in [2.05, 4.69) is 36.3 Å². The maximum atomic E-state index is 6.01. The number of hydrogen-bond acceptors (Lipinski definition) is 3. The lowest BCUT2D eigenvalue weighted by molar-refractivity contribution is 1.26. The van der Waals surface area contributed by atoms with E-state index in [1.807, 2.05) is 19.1 Å². The number of nitrogens with one attached hydrogen (secondary N) is 1.